The Kier molecular flexibility index (Phi) is 4.19. The molecule has 0 aromatic heterocycles. The fourth-order valence-corrected chi connectivity index (χ4v) is 3.03. The number of nitrogens with zero attached hydrogens (tertiary/aromatic N) is 1. The molecule has 22 heavy (non-hydrogen) atoms. The fraction of sp³-hybridized carbons (Fsp3) is 0.368. The molecule has 1 aliphatic rings. The molecule has 0 aliphatic carbocycles. The van der Waals surface area contributed by atoms with Crippen LogP contribution in [0.15, 0.2) is 48.5 Å². The Bertz CT molecular complexity index is 611. The Morgan fingerprint density at radius 1 is 0.909 bits per heavy atom. The monoisotopic (exact) mass is 297 g/mol. The van der Waals surface area contributed by atoms with Gasteiger partial charge in [-0.15, -0.1) is 0 Å². The summed E-state index contributed by atoms with van der Waals surface area (Å²) in [6, 6.07) is 16.3. The lowest BCUT2D eigenvalue weighted by Gasteiger charge is -2.37. The van der Waals surface area contributed by atoms with E-state index >= 15 is 0 Å². The van der Waals surface area contributed by atoms with Crippen molar-refractivity contribution in [2.75, 3.05) is 27.2 Å². The summed E-state index contributed by atoms with van der Waals surface area (Å²) >= 11 is 0. The van der Waals surface area contributed by atoms with Crippen molar-refractivity contribution in [3.8, 4) is 16.9 Å². The number of hydrogen-bond acceptors (Lipinski definition) is 3. The number of rotatable bonds is 3. The molecule has 0 atom stereocenters. The van der Waals surface area contributed by atoms with E-state index in [4.69, 9.17) is 4.74 Å². The summed E-state index contributed by atoms with van der Waals surface area (Å²) in [6.45, 7) is 1.88. The number of methoxy groups -OCH3 is 1. The first-order chi connectivity index (χ1) is 10.6. The first kappa shape index (κ1) is 15.1. The zero-order chi connectivity index (χ0) is 15.6. The van der Waals surface area contributed by atoms with Crippen molar-refractivity contribution in [1.82, 2.24) is 4.90 Å². The minimum atomic E-state index is -0.676. The second-order valence-corrected chi connectivity index (χ2v) is 6.14. The molecule has 0 bridgehead atoms. The molecule has 0 amide bonds. The molecule has 3 heteroatoms. The number of piperidine rings is 1. The molecule has 3 rings (SSSR count). The summed E-state index contributed by atoms with van der Waals surface area (Å²) in [5.41, 5.74) is 2.66. The Balaban J connectivity index is 1.80. The normalized spacial score (nSPS) is 18.1. The van der Waals surface area contributed by atoms with Crippen molar-refractivity contribution in [3.05, 3.63) is 54.1 Å². The van der Waals surface area contributed by atoms with Gasteiger partial charge in [-0.25, -0.2) is 0 Å². The number of hydrogen-bond donors (Lipinski definition) is 1. The van der Waals surface area contributed by atoms with E-state index in [1.54, 1.807) is 7.11 Å². The van der Waals surface area contributed by atoms with Gasteiger partial charge >= 0.3 is 0 Å². The molecule has 0 spiro atoms. The van der Waals surface area contributed by atoms with E-state index in [9.17, 15) is 5.11 Å². The first-order valence-electron chi connectivity index (χ1n) is 7.77. The highest BCUT2D eigenvalue weighted by Gasteiger charge is 2.32. The first-order valence-corrected chi connectivity index (χ1v) is 7.77. The Morgan fingerprint density at radius 3 is 1.91 bits per heavy atom. The average molecular weight is 297 g/mol. The van der Waals surface area contributed by atoms with Gasteiger partial charge in [-0.2, -0.15) is 0 Å². The van der Waals surface area contributed by atoms with Crippen molar-refractivity contribution in [3.63, 3.8) is 0 Å². The minimum absolute atomic E-state index is 0.676. The van der Waals surface area contributed by atoms with Gasteiger partial charge in [0.25, 0.3) is 0 Å². The number of ether oxygens (including phenoxy) is 1. The molecule has 1 aliphatic heterocycles. The summed E-state index contributed by atoms with van der Waals surface area (Å²) in [5.74, 6) is 0.862. The lowest BCUT2D eigenvalue weighted by molar-refractivity contribution is -0.0203. The standard InChI is InChI=1S/C19H23NO2/c1-20-13-11-19(21,12-14-20)17-7-3-15(4-8-17)16-5-9-18(22-2)10-6-16/h3-10,21H,11-14H2,1-2H3. The van der Waals surface area contributed by atoms with Gasteiger partial charge in [0.1, 0.15) is 5.75 Å². The zero-order valence-corrected chi connectivity index (χ0v) is 13.2. The maximum absolute atomic E-state index is 10.8. The molecule has 0 saturated carbocycles. The van der Waals surface area contributed by atoms with E-state index in [0.717, 1.165) is 48.4 Å². The van der Waals surface area contributed by atoms with Crippen molar-refractivity contribution in [2.24, 2.45) is 0 Å². The van der Waals surface area contributed by atoms with Gasteiger partial charge in [-0.1, -0.05) is 36.4 Å². The molecular weight excluding hydrogens is 274 g/mol. The Morgan fingerprint density at radius 2 is 1.41 bits per heavy atom. The summed E-state index contributed by atoms with van der Waals surface area (Å²) in [5, 5.41) is 10.8. The SMILES string of the molecule is COc1ccc(-c2ccc(C3(O)CCN(C)CC3)cc2)cc1. The third-order valence-corrected chi connectivity index (χ3v) is 4.66. The largest absolute Gasteiger partial charge is 0.497 e. The van der Waals surface area contributed by atoms with Crippen LogP contribution in [0.5, 0.6) is 5.75 Å². The van der Waals surface area contributed by atoms with E-state index in [0.29, 0.717) is 0 Å². The van der Waals surface area contributed by atoms with Crippen LogP contribution < -0.4 is 4.74 Å². The molecule has 0 radical (unpaired) electrons. The van der Waals surface area contributed by atoms with E-state index in [-0.39, 0.29) is 0 Å². The number of benzene rings is 2. The molecule has 116 valence electrons. The summed E-state index contributed by atoms with van der Waals surface area (Å²) in [6.07, 6.45) is 1.59. The summed E-state index contributed by atoms with van der Waals surface area (Å²) in [7, 11) is 3.78. The lowest BCUT2D eigenvalue weighted by Crippen LogP contribution is -2.40. The second kappa shape index (κ2) is 6.11. The van der Waals surface area contributed by atoms with Crippen LogP contribution >= 0.6 is 0 Å². The molecule has 1 saturated heterocycles. The van der Waals surface area contributed by atoms with Crippen LogP contribution in [-0.2, 0) is 5.60 Å². The van der Waals surface area contributed by atoms with Gasteiger partial charge in [-0.05, 0) is 48.7 Å². The quantitative estimate of drug-likeness (QED) is 0.944. The predicted octanol–water partition coefficient (Wildman–Crippen LogP) is 3.28. The minimum Gasteiger partial charge on any atom is -0.497 e. The van der Waals surface area contributed by atoms with Crippen LogP contribution in [-0.4, -0.2) is 37.3 Å². The van der Waals surface area contributed by atoms with Crippen LogP contribution in [0.3, 0.4) is 0 Å². The van der Waals surface area contributed by atoms with E-state index in [1.165, 1.54) is 0 Å². The lowest BCUT2D eigenvalue weighted by atomic mass is 9.84. The summed E-state index contributed by atoms with van der Waals surface area (Å²) in [4.78, 5) is 2.26. The molecule has 0 unspecified atom stereocenters. The maximum atomic E-state index is 10.8. The number of aliphatic hydroxyl groups is 1. The van der Waals surface area contributed by atoms with Crippen LogP contribution in [0.4, 0.5) is 0 Å². The van der Waals surface area contributed by atoms with Crippen molar-refractivity contribution in [2.45, 2.75) is 18.4 Å². The Hall–Kier alpha value is -1.84. The van der Waals surface area contributed by atoms with Crippen molar-refractivity contribution >= 4 is 0 Å². The van der Waals surface area contributed by atoms with E-state index < -0.39 is 5.60 Å². The topological polar surface area (TPSA) is 32.7 Å². The fourth-order valence-electron chi connectivity index (χ4n) is 3.03. The van der Waals surface area contributed by atoms with Gasteiger partial charge in [0.15, 0.2) is 0 Å². The highest BCUT2D eigenvalue weighted by atomic mass is 16.5. The van der Waals surface area contributed by atoms with Gasteiger partial charge in [0.05, 0.1) is 12.7 Å². The third-order valence-electron chi connectivity index (χ3n) is 4.66. The van der Waals surface area contributed by atoms with Gasteiger partial charge in [0.2, 0.25) is 0 Å². The molecule has 1 fully saturated rings. The molecule has 2 aromatic rings. The van der Waals surface area contributed by atoms with Crippen molar-refractivity contribution in [1.29, 1.82) is 0 Å². The average Bonchev–Trinajstić information content (AvgIpc) is 2.58. The molecular formula is C19H23NO2. The van der Waals surface area contributed by atoms with E-state index in [1.807, 2.05) is 12.1 Å². The maximum Gasteiger partial charge on any atom is 0.118 e. The van der Waals surface area contributed by atoms with Crippen LogP contribution in [0.1, 0.15) is 18.4 Å². The van der Waals surface area contributed by atoms with Gasteiger partial charge < -0.3 is 14.7 Å². The third kappa shape index (κ3) is 3.01. The smallest absolute Gasteiger partial charge is 0.118 e. The molecule has 2 aromatic carbocycles. The molecule has 1 heterocycles. The van der Waals surface area contributed by atoms with E-state index in [2.05, 4.69) is 48.3 Å². The molecule has 3 nitrogen and oxygen atoms in total. The predicted molar refractivity (Wildman–Crippen MR) is 89.1 cm³/mol. The van der Waals surface area contributed by atoms with Crippen molar-refractivity contribution < 1.29 is 9.84 Å². The Labute approximate surface area is 132 Å². The van der Waals surface area contributed by atoms with Crippen LogP contribution in [0.25, 0.3) is 11.1 Å². The van der Waals surface area contributed by atoms with Crippen LogP contribution in [0.2, 0.25) is 0 Å². The van der Waals surface area contributed by atoms with Crippen LogP contribution in [0, 0.1) is 0 Å². The highest BCUT2D eigenvalue weighted by Crippen LogP contribution is 2.33. The van der Waals surface area contributed by atoms with Gasteiger partial charge in [0, 0.05) is 13.1 Å². The highest BCUT2D eigenvalue weighted by molar-refractivity contribution is 5.64. The second-order valence-electron chi connectivity index (χ2n) is 6.14. The van der Waals surface area contributed by atoms with Gasteiger partial charge in [-0.3, -0.25) is 0 Å². The zero-order valence-electron chi connectivity index (χ0n) is 13.2. The number of likely N-dealkylation sites (tertiary alicyclic amines) is 1. The molecule has 1 N–H and O–H groups in total. The summed E-state index contributed by atoms with van der Waals surface area (Å²) < 4.78 is 5.19.